The van der Waals surface area contributed by atoms with Crippen LogP contribution in [0.4, 0.5) is 14.3 Å². The first-order valence-electron chi connectivity index (χ1n) is 11.7. The second-order valence-corrected chi connectivity index (χ2v) is 11.4. The molecule has 176 valence electrons. The molecule has 0 N–H and O–H groups in total. The van der Waals surface area contributed by atoms with Gasteiger partial charge in [0.2, 0.25) is 0 Å². The average molecular weight is 460 g/mol. The van der Waals surface area contributed by atoms with E-state index in [-0.39, 0.29) is 10.8 Å². The molecule has 3 nitrogen and oxygen atoms in total. The first kappa shape index (κ1) is 22.6. The van der Waals surface area contributed by atoms with Gasteiger partial charge in [-0.25, -0.2) is 0 Å². The maximum Gasteiger partial charge on any atom is 0.737 e. The molecule has 34 heavy (non-hydrogen) atoms. The summed E-state index contributed by atoms with van der Waals surface area (Å²) in [6, 6.07) is 16.9. The van der Waals surface area contributed by atoms with Gasteiger partial charge in [-0.1, -0.05) is 47.6 Å². The minimum atomic E-state index is -4.11. The minimum Gasteiger partial charge on any atom is -0.497 e. The van der Waals surface area contributed by atoms with E-state index in [4.69, 9.17) is 4.74 Å². The number of rotatable bonds is 2. The number of ether oxygens (including phenoxy) is 1. The third-order valence-electron chi connectivity index (χ3n) is 6.95. The summed E-state index contributed by atoms with van der Waals surface area (Å²) >= 11 is 0. The molecule has 0 spiro atoms. The van der Waals surface area contributed by atoms with Crippen LogP contribution in [0.5, 0.6) is 5.75 Å². The van der Waals surface area contributed by atoms with Gasteiger partial charge in [-0.2, -0.15) is 0 Å². The summed E-state index contributed by atoms with van der Waals surface area (Å²) in [5.41, 5.74) is 4.45. The Morgan fingerprint density at radius 2 is 1.41 bits per heavy atom. The second kappa shape index (κ2) is 7.18. The van der Waals surface area contributed by atoms with Crippen molar-refractivity contribution in [2.24, 2.45) is 0 Å². The van der Waals surface area contributed by atoms with Crippen LogP contribution in [0.3, 0.4) is 0 Å². The van der Waals surface area contributed by atoms with Crippen LogP contribution in [0.25, 0.3) is 21.8 Å². The Morgan fingerprint density at radius 3 is 2.00 bits per heavy atom. The fourth-order valence-corrected chi connectivity index (χ4v) is 4.91. The highest BCUT2D eigenvalue weighted by Crippen LogP contribution is 2.42. The largest absolute Gasteiger partial charge is 0.737 e. The molecule has 0 saturated carbocycles. The molecule has 1 aromatic heterocycles. The molecule has 0 aliphatic carbocycles. The number of methoxy groups -OCH3 is 1. The van der Waals surface area contributed by atoms with Crippen molar-refractivity contribution >= 4 is 40.7 Å². The normalized spacial score (nSPS) is 15.6. The summed E-state index contributed by atoms with van der Waals surface area (Å²) in [5.74, 6) is 0.635. The van der Waals surface area contributed by atoms with Gasteiger partial charge in [0.1, 0.15) is 12.0 Å². The first-order valence-corrected chi connectivity index (χ1v) is 11.7. The van der Waals surface area contributed by atoms with Crippen LogP contribution in [0.2, 0.25) is 0 Å². The van der Waals surface area contributed by atoms with E-state index in [0.29, 0.717) is 22.5 Å². The van der Waals surface area contributed by atoms with Crippen LogP contribution in [0.15, 0.2) is 54.6 Å². The molecule has 0 amide bonds. The first-order chi connectivity index (χ1) is 15.8. The van der Waals surface area contributed by atoms with Crippen molar-refractivity contribution in [1.29, 1.82) is 0 Å². The van der Waals surface area contributed by atoms with Crippen molar-refractivity contribution in [2.45, 2.75) is 52.4 Å². The summed E-state index contributed by atoms with van der Waals surface area (Å²) in [6.07, 6.45) is 1.61. The van der Waals surface area contributed by atoms with E-state index >= 15 is 8.63 Å². The molecule has 2 heterocycles. The van der Waals surface area contributed by atoms with Gasteiger partial charge >= 0.3 is 6.97 Å². The third kappa shape index (κ3) is 3.34. The molecule has 0 fully saturated rings. The predicted octanol–water partition coefficient (Wildman–Crippen LogP) is 7.40. The highest BCUT2D eigenvalue weighted by atomic mass is 19.2. The number of benzene rings is 3. The summed E-state index contributed by atoms with van der Waals surface area (Å²) < 4.78 is 40.3. The maximum atomic E-state index is 16.3. The quantitative estimate of drug-likeness (QED) is 0.285. The summed E-state index contributed by atoms with van der Waals surface area (Å²) in [6.45, 7) is 8.80. The number of hydrogen-bond acceptors (Lipinski definition) is 1. The Balaban J connectivity index is 1.88. The lowest BCUT2D eigenvalue weighted by molar-refractivity contribution is -0.325. The molecule has 0 atom stereocenters. The number of hydrogen-bond donors (Lipinski definition) is 0. The SMILES string of the molecule is COc1ccc([N+]2=Cc3cc(C(C)(C)C)cc4c5cc(C(C)(C)C)ccc5n(c34)[B-]2(F)F)cc1. The smallest absolute Gasteiger partial charge is 0.497 e. The number of fused-ring (bicyclic) bond motifs is 3. The predicted molar refractivity (Wildman–Crippen MR) is 138 cm³/mol. The molecule has 1 aliphatic heterocycles. The minimum absolute atomic E-state index is 0.0812. The molecular formula is C28H31BF2N2O. The average Bonchev–Trinajstić information content (AvgIpc) is 3.10. The van der Waals surface area contributed by atoms with E-state index in [1.165, 1.54) is 4.48 Å². The molecule has 0 radical (unpaired) electrons. The lowest BCUT2D eigenvalue weighted by atomic mass is 9.83. The van der Waals surface area contributed by atoms with Crippen LogP contribution in [-0.4, -0.2) is 29.3 Å². The zero-order chi connectivity index (χ0) is 24.6. The number of aromatic nitrogens is 1. The molecule has 5 rings (SSSR count). The molecule has 0 unspecified atom stereocenters. The molecule has 3 aromatic carbocycles. The van der Waals surface area contributed by atoms with Gasteiger partial charge in [0.05, 0.1) is 12.7 Å². The third-order valence-corrected chi connectivity index (χ3v) is 6.95. The van der Waals surface area contributed by atoms with Crippen molar-refractivity contribution < 1.29 is 17.9 Å². The molecule has 6 heteroatoms. The number of nitrogens with zero attached hydrogens (tertiary/aromatic N) is 2. The van der Waals surface area contributed by atoms with Gasteiger partial charge < -0.3 is 22.3 Å². The molecular weight excluding hydrogens is 429 g/mol. The van der Waals surface area contributed by atoms with Crippen LogP contribution >= 0.6 is 0 Å². The van der Waals surface area contributed by atoms with Crippen molar-refractivity contribution in [3.63, 3.8) is 0 Å². The summed E-state index contributed by atoms with van der Waals surface area (Å²) in [7, 11) is 1.57. The zero-order valence-electron chi connectivity index (χ0n) is 20.9. The van der Waals surface area contributed by atoms with E-state index in [2.05, 4.69) is 59.7 Å². The van der Waals surface area contributed by atoms with Gasteiger partial charge in [0.25, 0.3) is 0 Å². The Kier molecular flexibility index (Phi) is 4.78. The number of halogens is 2. The Bertz CT molecular complexity index is 1470. The van der Waals surface area contributed by atoms with Crippen LogP contribution < -0.4 is 4.74 Å². The van der Waals surface area contributed by atoms with Crippen molar-refractivity contribution in [3.05, 3.63) is 71.3 Å². The summed E-state index contributed by atoms with van der Waals surface area (Å²) in [5, 5.41) is 1.76. The van der Waals surface area contributed by atoms with Gasteiger partial charge in [0, 0.05) is 33.9 Å². The monoisotopic (exact) mass is 460 g/mol. The van der Waals surface area contributed by atoms with Gasteiger partial charge in [0.15, 0.2) is 5.69 Å². The maximum absolute atomic E-state index is 16.3. The van der Waals surface area contributed by atoms with Crippen LogP contribution in [0.1, 0.15) is 58.2 Å². The van der Waals surface area contributed by atoms with Gasteiger partial charge in [-0.15, -0.1) is 0 Å². The molecule has 0 bridgehead atoms. The Hall–Kier alpha value is -3.15. The molecule has 0 saturated heterocycles. The van der Waals surface area contributed by atoms with E-state index < -0.39 is 6.97 Å². The molecule has 1 aliphatic rings. The fourth-order valence-electron chi connectivity index (χ4n) is 4.91. The standard InChI is InChI=1S/C28H31BF2N2O/c1-27(2,3)19-8-13-25-23(15-19)24-16-20(28(4,5)6)14-18-17-32(29(30,31)33(25)26(18)24)21-9-11-22(34-7)12-10-21/h8-17H,1-7H3. The highest BCUT2D eigenvalue weighted by Gasteiger charge is 2.49. The van der Waals surface area contributed by atoms with Crippen LogP contribution in [-0.2, 0) is 10.8 Å². The fraction of sp³-hybridized carbons (Fsp3) is 0.321. The van der Waals surface area contributed by atoms with E-state index in [0.717, 1.165) is 31.9 Å². The van der Waals surface area contributed by atoms with Gasteiger partial charge in [-0.05, 0) is 58.4 Å². The topological polar surface area (TPSA) is 17.2 Å². The second-order valence-electron chi connectivity index (χ2n) is 11.4. The lowest BCUT2D eigenvalue weighted by Crippen LogP contribution is -2.47. The van der Waals surface area contributed by atoms with E-state index in [1.807, 2.05) is 12.1 Å². The van der Waals surface area contributed by atoms with Crippen molar-refractivity contribution in [3.8, 4) is 5.75 Å². The summed E-state index contributed by atoms with van der Waals surface area (Å²) in [4.78, 5) is 0. The Labute approximate surface area is 199 Å². The lowest BCUT2D eigenvalue weighted by Gasteiger charge is -2.30. The Morgan fingerprint density at radius 1 is 0.794 bits per heavy atom. The van der Waals surface area contributed by atoms with Crippen molar-refractivity contribution in [2.75, 3.05) is 7.11 Å². The van der Waals surface area contributed by atoms with E-state index in [1.54, 1.807) is 37.6 Å². The van der Waals surface area contributed by atoms with Crippen LogP contribution in [0, 0.1) is 0 Å². The molecule has 4 aromatic rings. The highest BCUT2D eigenvalue weighted by molar-refractivity contribution is 6.60. The van der Waals surface area contributed by atoms with E-state index in [9.17, 15) is 0 Å². The van der Waals surface area contributed by atoms with Crippen molar-refractivity contribution in [1.82, 2.24) is 4.48 Å². The zero-order valence-corrected chi connectivity index (χ0v) is 20.9. The van der Waals surface area contributed by atoms with Gasteiger partial charge in [-0.3, -0.25) is 0 Å².